The van der Waals surface area contributed by atoms with Gasteiger partial charge in [-0.2, -0.15) is 0 Å². The molecule has 1 aliphatic heterocycles. The molecule has 2 rings (SSSR count). The summed E-state index contributed by atoms with van der Waals surface area (Å²) in [6.45, 7) is 7.69. The fourth-order valence-electron chi connectivity index (χ4n) is 3.28. The molecule has 0 amide bonds. The zero-order valence-electron chi connectivity index (χ0n) is 22.0. The molecule has 1 aromatic rings. The van der Waals surface area contributed by atoms with Crippen molar-refractivity contribution in [2.45, 2.75) is 65.5 Å². The highest BCUT2D eigenvalue weighted by molar-refractivity contribution is 8.13. The number of azide groups is 1. The molecule has 2 heterocycles. The van der Waals surface area contributed by atoms with Crippen LogP contribution in [0.15, 0.2) is 20.9 Å². The number of aromatic amines is 1. The Kier molecular flexibility index (Phi) is 11.3. The first-order valence-corrected chi connectivity index (χ1v) is 14.2. The number of carbonyl (C=O) groups is 2. The number of methoxy groups -OCH3 is 1. The zero-order valence-corrected chi connectivity index (χ0v) is 23.7. The Morgan fingerprint density at radius 1 is 1.39 bits per heavy atom. The second-order valence-electron chi connectivity index (χ2n) is 9.50. The number of rotatable bonds is 12. The van der Waals surface area contributed by atoms with Crippen LogP contribution in [0, 0.1) is 12.3 Å². The molecule has 0 spiro atoms. The van der Waals surface area contributed by atoms with Gasteiger partial charge in [-0.15, -0.1) is 0 Å². The van der Waals surface area contributed by atoms with Crippen molar-refractivity contribution in [3.8, 4) is 0 Å². The van der Waals surface area contributed by atoms with Crippen LogP contribution in [0.5, 0.6) is 0 Å². The van der Waals surface area contributed by atoms with Crippen molar-refractivity contribution in [1.29, 1.82) is 0 Å². The number of hydrogen-bond donors (Lipinski definition) is 2. The van der Waals surface area contributed by atoms with E-state index in [9.17, 15) is 23.7 Å². The van der Waals surface area contributed by atoms with E-state index in [4.69, 9.17) is 19.3 Å². The Bertz CT molecular complexity index is 1220. The van der Waals surface area contributed by atoms with Gasteiger partial charge in [0.05, 0.1) is 32.5 Å². The molecule has 1 fully saturated rings. The van der Waals surface area contributed by atoms with Gasteiger partial charge in [0.2, 0.25) is 0 Å². The lowest BCUT2D eigenvalue weighted by molar-refractivity contribution is -0.142. The minimum atomic E-state index is -4.16. The highest BCUT2D eigenvalue weighted by Gasteiger charge is 2.39. The second-order valence-corrected chi connectivity index (χ2v) is 12.3. The predicted molar refractivity (Wildman–Crippen MR) is 139 cm³/mol. The molecule has 0 aliphatic carbocycles. The van der Waals surface area contributed by atoms with Crippen molar-refractivity contribution < 1.29 is 32.7 Å². The van der Waals surface area contributed by atoms with E-state index in [1.807, 2.05) is 0 Å². The number of ether oxygens (including phenoxy) is 2. The summed E-state index contributed by atoms with van der Waals surface area (Å²) in [5.74, 6) is -0.540. The molecule has 2 N–H and O–H groups in total. The molecule has 1 aromatic heterocycles. The van der Waals surface area contributed by atoms with E-state index in [-0.39, 0.29) is 29.5 Å². The van der Waals surface area contributed by atoms with Crippen LogP contribution in [0.3, 0.4) is 0 Å². The van der Waals surface area contributed by atoms with E-state index in [1.54, 1.807) is 20.8 Å². The third-order valence-corrected chi connectivity index (χ3v) is 8.33. The first kappa shape index (κ1) is 31.8. The Labute approximate surface area is 223 Å². The summed E-state index contributed by atoms with van der Waals surface area (Å²) >= 11 is 1.01. The number of hydrogen-bond acceptors (Lipinski definition) is 11. The molecule has 0 bridgehead atoms. The molecule has 212 valence electrons. The standard InChI is InChI=1S/C21H33N6O9PS/c1-12-10-27(20(31)23-17(12)28)16-9-14(24-26-22)15(36-16)11-35-37(32,25-13(2)18(29)33-6)34-7-8-38-19(30)21(3,4)5/h10,13-16H,7-9,11H2,1-6H3,(H,25,32)(H,23,28,31)/t13-,14?,15?,16?,37?/m0/s1. The predicted octanol–water partition coefficient (Wildman–Crippen LogP) is 2.41. The van der Waals surface area contributed by atoms with E-state index in [0.717, 1.165) is 16.3 Å². The summed E-state index contributed by atoms with van der Waals surface area (Å²) < 4.78 is 36.2. The Balaban J connectivity index is 2.16. The Hall–Kier alpha value is -2.45. The molecule has 0 saturated carbocycles. The second kappa shape index (κ2) is 13.6. The van der Waals surface area contributed by atoms with Gasteiger partial charge >= 0.3 is 19.4 Å². The minimum Gasteiger partial charge on any atom is -0.468 e. The van der Waals surface area contributed by atoms with Crippen LogP contribution < -0.4 is 16.3 Å². The molecule has 1 aliphatic rings. The lowest BCUT2D eigenvalue weighted by Crippen LogP contribution is -2.35. The molecular formula is C21H33N6O9PS. The molecular weight excluding hydrogens is 543 g/mol. The monoisotopic (exact) mass is 576 g/mol. The number of carbonyl (C=O) groups excluding carboxylic acids is 2. The van der Waals surface area contributed by atoms with Crippen LogP contribution in [0.2, 0.25) is 0 Å². The largest absolute Gasteiger partial charge is 0.468 e. The van der Waals surface area contributed by atoms with Gasteiger partial charge in [-0.3, -0.25) is 33.0 Å². The van der Waals surface area contributed by atoms with Gasteiger partial charge in [0.1, 0.15) is 12.3 Å². The maximum atomic E-state index is 13.5. The third kappa shape index (κ3) is 8.80. The number of thioether (sulfide) groups is 1. The molecule has 17 heteroatoms. The van der Waals surface area contributed by atoms with Crippen molar-refractivity contribution in [1.82, 2.24) is 14.6 Å². The van der Waals surface area contributed by atoms with Crippen molar-refractivity contribution >= 4 is 30.6 Å². The van der Waals surface area contributed by atoms with Crippen molar-refractivity contribution in [2.24, 2.45) is 10.5 Å². The van der Waals surface area contributed by atoms with E-state index >= 15 is 0 Å². The van der Waals surface area contributed by atoms with Crippen molar-refractivity contribution in [2.75, 3.05) is 26.1 Å². The summed E-state index contributed by atoms with van der Waals surface area (Å²) in [5.41, 5.74) is 7.44. The van der Waals surface area contributed by atoms with Crippen molar-refractivity contribution in [3.05, 3.63) is 43.0 Å². The van der Waals surface area contributed by atoms with Gasteiger partial charge < -0.3 is 9.47 Å². The van der Waals surface area contributed by atoms with Gasteiger partial charge in [-0.1, -0.05) is 37.6 Å². The van der Waals surface area contributed by atoms with Crippen LogP contribution in [0.25, 0.3) is 10.4 Å². The summed E-state index contributed by atoms with van der Waals surface area (Å²) in [7, 11) is -3.00. The van der Waals surface area contributed by atoms with Crippen LogP contribution in [0.4, 0.5) is 0 Å². The normalized spacial score (nSPS) is 21.8. The Morgan fingerprint density at radius 2 is 2.08 bits per heavy atom. The molecule has 0 aromatic carbocycles. The molecule has 0 radical (unpaired) electrons. The molecule has 38 heavy (non-hydrogen) atoms. The van der Waals surface area contributed by atoms with Crippen LogP contribution in [-0.4, -0.2) is 64.9 Å². The fraction of sp³-hybridized carbons (Fsp3) is 0.714. The Morgan fingerprint density at radius 3 is 2.68 bits per heavy atom. The SMILES string of the molecule is COC(=O)[C@H](C)NP(=O)(OCCSC(=O)C(C)(C)C)OCC1OC(n2cc(C)c(=O)[nH]c2=O)CC1N=[N+]=[N-]. The van der Waals surface area contributed by atoms with Gasteiger partial charge in [-0.05, 0) is 19.4 Å². The third-order valence-electron chi connectivity index (χ3n) is 5.37. The van der Waals surface area contributed by atoms with Gasteiger partial charge in [0.25, 0.3) is 5.56 Å². The average Bonchev–Trinajstić information content (AvgIpc) is 3.24. The van der Waals surface area contributed by atoms with E-state index in [1.165, 1.54) is 27.2 Å². The summed E-state index contributed by atoms with van der Waals surface area (Å²) in [6.07, 6.45) is -0.443. The maximum absolute atomic E-state index is 13.5. The minimum absolute atomic E-state index is 0.0756. The van der Waals surface area contributed by atoms with Crippen LogP contribution in [-0.2, 0) is 32.7 Å². The smallest absolute Gasteiger partial charge is 0.406 e. The number of H-pyrrole nitrogens is 1. The lowest BCUT2D eigenvalue weighted by Gasteiger charge is -2.24. The summed E-state index contributed by atoms with van der Waals surface area (Å²) in [4.78, 5) is 53.0. The van der Waals surface area contributed by atoms with Crippen LogP contribution >= 0.6 is 19.5 Å². The number of aromatic nitrogens is 2. The molecule has 4 unspecified atom stereocenters. The quantitative estimate of drug-likeness (QED) is 0.0923. The number of esters is 1. The fourth-order valence-corrected chi connectivity index (χ4v) is 5.67. The van der Waals surface area contributed by atoms with Gasteiger partial charge in [0, 0.05) is 34.3 Å². The molecule has 5 atom stereocenters. The first-order valence-electron chi connectivity index (χ1n) is 11.6. The number of aryl methyl sites for hydroxylation is 1. The summed E-state index contributed by atoms with van der Waals surface area (Å²) in [6, 6.07) is -1.88. The van der Waals surface area contributed by atoms with E-state index in [0.29, 0.717) is 0 Å². The topological polar surface area (TPSA) is 204 Å². The van der Waals surface area contributed by atoms with E-state index < -0.39 is 61.4 Å². The van der Waals surface area contributed by atoms with E-state index in [2.05, 4.69) is 24.8 Å². The van der Waals surface area contributed by atoms with Gasteiger partial charge in [-0.25, -0.2) is 14.4 Å². The first-order chi connectivity index (χ1) is 17.7. The molecule has 1 saturated heterocycles. The highest BCUT2D eigenvalue weighted by Crippen LogP contribution is 2.46. The summed E-state index contributed by atoms with van der Waals surface area (Å²) in [5, 5.41) is 6.10. The highest BCUT2D eigenvalue weighted by atomic mass is 32.2. The maximum Gasteiger partial charge on any atom is 0.406 e. The lowest BCUT2D eigenvalue weighted by atomic mass is 10.00. The zero-order chi connectivity index (χ0) is 28.7. The average molecular weight is 577 g/mol. The van der Waals surface area contributed by atoms with Crippen LogP contribution in [0.1, 0.15) is 45.9 Å². The number of nitrogens with zero attached hydrogens (tertiary/aromatic N) is 4. The van der Waals surface area contributed by atoms with Crippen molar-refractivity contribution in [3.63, 3.8) is 0 Å². The number of nitrogens with one attached hydrogen (secondary N) is 2. The molecule has 15 nitrogen and oxygen atoms in total. The van der Waals surface area contributed by atoms with Gasteiger partial charge in [0.15, 0.2) is 5.12 Å².